The molecule has 0 aliphatic carbocycles. The summed E-state index contributed by atoms with van der Waals surface area (Å²) in [5.74, 6) is 1.05. The number of hydrogen-bond acceptors (Lipinski definition) is 2. The van der Waals surface area contributed by atoms with Gasteiger partial charge in [0.25, 0.3) is 0 Å². The quantitative estimate of drug-likeness (QED) is 0.785. The summed E-state index contributed by atoms with van der Waals surface area (Å²) in [5, 5.41) is 0. The van der Waals surface area contributed by atoms with Crippen molar-refractivity contribution in [3.05, 3.63) is 35.9 Å². The van der Waals surface area contributed by atoms with Crippen LogP contribution in [0.2, 0.25) is 0 Å². The molecule has 0 saturated carbocycles. The molecular weight excluding hydrogens is 212 g/mol. The molecule has 0 aromatic heterocycles. The molecule has 94 valence electrons. The van der Waals surface area contributed by atoms with Gasteiger partial charge in [-0.1, -0.05) is 44.2 Å². The second kappa shape index (κ2) is 7.85. The second-order valence-electron chi connectivity index (χ2n) is 3.60. The van der Waals surface area contributed by atoms with Crippen molar-refractivity contribution >= 4 is 5.84 Å². The molecule has 0 bridgehead atoms. The van der Waals surface area contributed by atoms with Crippen molar-refractivity contribution in [2.24, 2.45) is 4.99 Å². The van der Waals surface area contributed by atoms with Gasteiger partial charge in [0, 0.05) is 20.1 Å². The molecule has 1 aromatic rings. The molecule has 0 unspecified atom stereocenters. The van der Waals surface area contributed by atoms with E-state index < -0.39 is 0 Å². The van der Waals surface area contributed by atoms with Gasteiger partial charge in [-0.25, -0.2) is 0 Å². The van der Waals surface area contributed by atoms with Gasteiger partial charge in [-0.05, 0) is 5.56 Å². The van der Waals surface area contributed by atoms with Crippen molar-refractivity contribution in [3.63, 3.8) is 0 Å². The van der Waals surface area contributed by atoms with Crippen molar-refractivity contribution in [3.8, 4) is 0 Å². The maximum atomic E-state index is 5.37. The zero-order valence-electron chi connectivity index (χ0n) is 11.0. The smallest absolute Gasteiger partial charge is 0.125 e. The van der Waals surface area contributed by atoms with Crippen LogP contribution in [0, 0.1) is 0 Å². The number of amidine groups is 1. The van der Waals surface area contributed by atoms with E-state index in [-0.39, 0.29) is 0 Å². The Morgan fingerprint density at radius 2 is 1.94 bits per heavy atom. The number of rotatable bonds is 2. The Bertz CT molecular complexity index is 335. The van der Waals surface area contributed by atoms with Crippen LogP contribution in [0.25, 0.3) is 0 Å². The summed E-state index contributed by atoms with van der Waals surface area (Å²) in [6, 6.07) is 10.5. The monoisotopic (exact) mass is 234 g/mol. The summed E-state index contributed by atoms with van der Waals surface area (Å²) in [5.41, 5.74) is 1.32. The lowest BCUT2D eigenvalue weighted by atomic mass is 10.2. The van der Waals surface area contributed by atoms with Gasteiger partial charge in [0.15, 0.2) is 0 Å². The van der Waals surface area contributed by atoms with Crippen LogP contribution in [0.15, 0.2) is 35.3 Å². The highest BCUT2D eigenvalue weighted by Gasteiger charge is 2.15. The summed E-state index contributed by atoms with van der Waals surface area (Å²) in [7, 11) is 1.82. The van der Waals surface area contributed by atoms with E-state index in [1.807, 2.05) is 27.0 Å². The third-order valence-electron chi connectivity index (χ3n) is 2.58. The third kappa shape index (κ3) is 4.19. The summed E-state index contributed by atoms with van der Waals surface area (Å²) in [4.78, 5) is 6.52. The summed E-state index contributed by atoms with van der Waals surface area (Å²) < 4.78 is 5.37. The molecule has 0 N–H and O–H groups in total. The van der Waals surface area contributed by atoms with E-state index in [0.717, 1.165) is 25.5 Å². The van der Waals surface area contributed by atoms with E-state index in [1.54, 1.807) is 0 Å². The largest absolute Gasteiger partial charge is 0.372 e. The van der Waals surface area contributed by atoms with E-state index in [9.17, 15) is 0 Å². The number of ether oxygens (including phenoxy) is 1. The molecule has 0 atom stereocenters. The minimum atomic E-state index is 0.642. The summed E-state index contributed by atoms with van der Waals surface area (Å²) >= 11 is 0. The lowest BCUT2D eigenvalue weighted by Crippen LogP contribution is -2.41. The van der Waals surface area contributed by atoms with Crippen molar-refractivity contribution in [2.75, 3.05) is 26.8 Å². The predicted molar refractivity (Wildman–Crippen MR) is 72.4 cm³/mol. The van der Waals surface area contributed by atoms with E-state index >= 15 is 0 Å². The average molecular weight is 234 g/mol. The number of benzene rings is 1. The van der Waals surface area contributed by atoms with Crippen molar-refractivity contribution in [1.82, 2.24) is 4.90 Å². The van der Waals surface area contributed by atoms with Gasteiger partial charge in [0.05, 0.1) is 6.61 Å². The predicted octanol–water partition coefficient (Wildman–Crippen LogP) is 2.57. The Hall–Kier alpha value is -1.35. The molecular formula is C14H22N2O. The molecule has 1 aliphatic heterocycles. The molecule has 1 saturated heterocycles. The van der Waals surface area contributed by atoms with Gasteiger partial charge < -0.3 is 9.64 Å². The molecule has 3 nitrogen and oxygen atoms in total. The van der Waals surface area contributed by atoms with Gasteiger partial charge >= 0.3 is 0 Å². The fraction of sp³-hybridized carbons (Fsp3) is 0.500. The highest BCUT2D eigenvalue weighted by Crippen LogP contribution is 2.08. The second-order valence-corrected chi connectivity index (χ2v) is 3.60. The molecule has 1 aliphatic rings. The topological polar surface area (TPSA) is 24.8 Å². The van der Waals surface area contributed by atoms with Crippen LogP contribution in [-0.4, -0.2) is 37.5 Å². The molecule has 0 radical (unpaired) electrons. The van der Waals surface area contributed by atoms with Crippen molar-refractivity contribution in [2.45, 2.75) is 20.4 Å². The van der Waals surface area contributed by atoms with Crippen molar-refractivity contribution < 1.29 is 4.74 Å². The third-order valence-corrected chi connectivity index (χ3v) is 2.58. The van der Waals surface area contributed by atoms with Gasteiger partial charge in [0.2, 0.25) is 0 Å². The Morgan fingerprint density at radius 1 is 1.24 bits per heavy atom. The van der Waals surface area contributed by atoms with Crippen molar-refractivity contribution in [1.29, 1.82) is 0 Å². The first-order valence-electron chi connectivity index (χ1n) is 6.22. The molecule has 0 amide bonds. The van der Waals surface area contributed by atoms with E-state index in [2.05, 4.69) is 34.2 Å². The van der Waals surface area contributed by atoms with E-state index in [0.29, 0.717) is 6.61 Å². The highest BCUT2D eigenvalue weighted by molar-refractivity contribution is 5.83. The molecule has 1 fully saturated rings. The van der Waals surface area contributed by atoms with Gasteiger partial charge in [-0.15, -0.1) is 0 Å². The lowest BCUT2D eigenvalue weighted by molar-refractivity contribution is 0.113. The fourth-order valence-electron chi connectivity index (χ4n) is 1.74. The number of hydrogen-bond donors (Lipinski definition) is 0. The molecule has 1 aromatic carbocycles. The van der Waals surface area contributed by atoms with E-state index in [4.69, 9.17) is 4.74 Å². The standard InChI is InChI=1S/C12H16N2O.C2H6/c1-13-12-10-15-8-7-14(12)9-11-5-3-2-4-6-11;1-2/h2-6H,7-10H2,1H3;1-2H3. The first kappa shape index (κ1) is 13.7. The van der Waals surface area contributed by atoms with Crippen LogP contribution in [-0.2, 0) is 11.3 Å². The first-order chi connectivity index (χ1) is 8.40. The maximum absolute atomic E-state index is 5.37. The zero-order chi connectivity index (χ0) is 12.5. The Balaban J connectivity index is 0.000000686. The van der Waals surface area contributed by atoms with E-state index in [1.165, 1.54) is 5.56 Å². The molecule has 17 heavy (non-hydrogen) atoms. The van der Waals surface area contributed by atoms with Crippen LogP contribution in [0.3, 0.4) is 0 Å². The Morgan fingerprint density at radius 3 is 2.59 bits per heavy atom. The molecule has 3 heteroatoms. The fourth-order valence-corrected chi connectivity index (χ4v) is 1.74. The number of nitrogens with zero attached hydrogens (tertiary/aromatic N) is 2. The minimum Gasteiger partial charge on any atom is -0.372 e. The molecule has 1 heterocycles. The Kier molecular flexibility index (Phi) is 6.33. The van der Waals surface area contributed by atoms with Crippen LogP contribution >= 0.6 is 0 Å². The van der Waals surface area contributed by atoms with Gasteiger partial charge in [-0.2, -0.15) is 0 Å². The minimum absolute atomic E-state index is 0.642. The van der Waals surface area contributed by atoms with Gasteiger partial charge in [-0.3, -0.25) is 4.99 Å². The van der Waals surface area contributed by atoms with Gasteiger partial charge in [0.1, 0.15) is 12.4 Å². The average Bonchev–Trinajstić information content (AvgIpc) is 2.43. The lowest BCUT2D eigenvalue weighted by Gasteiger charge is -2.30. The van der Waals surface area contributed by atoms with Crippen LogP contribution < -0.4 is 0 Å². The van der Waals surface area contributed by atoms with Crippen LogP contribution in [0.5, 0.6) is 0 Å². The number of aliphatic imine (C=N–C) groups is 1. The van der Waals surface area contributed by atoms with Crippen LogP contribution in [0.1, 0.15) is 19.4 Å². The van der Waals surface area contributed by atoms with Crippen LogP contribution in [0.4, 0.5) is 0 Å². The molecule has 2 rings (SSSR count). The summed E-state index contributed by atoms with van der Waals surface area (Å²) in [6.07, 6.45) is 0. The number of morpholine rings is 1. The highest BCUT2D eigenvalue weighted by atomic mass is 16.5. The summed E-state index contributed by atoms with van der Waals surface area (Å²) in [6.45, 7) is 7.30. The normalized spacial score (nSPS) is 17.6. The SMILES string of the molecule is CC.CN=C1COCCN1Cc1ccccc1. The first-order valence-corrected chi connectivity index (χ1v) is 6.22. The Labute approximate surface area is 104 Å². The molecule has 0 spiro atoms. The zero-order valence-corrected chi connectivity index (χ0v) is 11.0. The maximum Gasteiger partial charge on any atom is 0.125 e.